The van der Waals surface area contributed by atoms with Crippen LogP contribution in [0.25, 0.3) is 11.1 Å². The molecule has 1 aromatic heterocycles. The van der Waals surface area contributed by atoms with Gasteiger partial charge in [-0.3, -0.25) is 4.79 Å². The number of benzene rings is 2. The number of amides is 1. The zero-order valence-electron chi connectivity index (χ0n) is 18.3. The normalized spacial score (nSPS) is 15.8. The average Bonchev–Trinajstić information content (AvgIpc) is 2.79. The van der Waals surface area contributed by atoms with Crippen molar-refractivity contribution >= 4 is 17.9 Å². The fourth-order valence-electron chi connectivity index (χ4n) is 3.83. The van der Waals surface area contributed by atoms with Gasteiger partial charge in [-0.1, -0.05) is 43.3 Å². The predicted molar refractivity (Wildman–Crippen MR) is 124 cm³/mol. The molecule has 0 spiro atoms. The molecule has 5 nitrogen and oxygen atoms in total. The molecule has 3 aromatic rings. The van der Waals surface area contributed by atoms with E-state index in [0.717, 1.165) is 40.2 Å². The molecule has 0 radical (unpaired) electrons. The minimum Gasteiger partial charge on any atom is -0.497 e. The summed E-state index contributed by atoms with van der Waals surface area (Å²) >= 11 is 0. The van der Waals surface area contributed by atoms with Gasteiger partial charge >= 0.3 is 0 Å². The van der Waals surface area contributed by atoms with Gasteiger partial charge in [0.15, 0.2) is 5.82 Å². The Balaban J connectivity index is 1.49. The molecule has 2 atom stereocenters. The van der Waals surface area contributed by atoms with Crippen LogP contribution in [0.1, 0.15) is 59.4 Å². The maximum Gasteiger partial charge on any atom is 0.253 e. The number of aliphatic imine (C=N–C) groups is 1. The average molecular weight is 414 g/mol. The van der Waals surface area contributed by atoms with E-state index in [2.05, 4.69) is 46.5 Å². The van der Waals surface area contributed by atoms with Gasteiger partial charge in [-0.25, -0.2) is 9.98 Å². The number of methoxy groups -OCH3 is 1. The number of carbonyl (C=O) groups is 1. The molecule has 0 bridgehead atoms. The largest absolute Gasteiger partial charge is 0.497 e. The summed E-state index contributed by atoms with van der Waals surface area (Å²) in [6.45, 7) is 5.99. The lowest BCUT2D eigenvalue weighted by Gasteiger charge is -2.20. The lowest BCUT2D eigenvalue weighted by atomic mass is 9.94. The van der Waals surface area contributed by atoms with Gasteiger partial charge in [0.1, 0.15) is 5.75 Å². The first-order valence-corrected chi connectivity index (χ1v) is 10.6. The quantitative estimate of drug-likeness (QED) is 0.578. The van der Waals surface area contributed by atoms with E-state index in [-0.39, 0.29) is 11.9 Å². The first-order chi connectivity index (χ1) is 15.0. The minimum atomic E-state index is -0.122. The third kappa shape index (κ3) is 4.36. The summed E-state index contributed by atoms with van der Waals surface area (Å²) in [5.41, 5.74) is 5.64. The summed E-state index contributed by atoms with van der Waals surface area (Å²) in [6, 6.07) is 18.1. The van der Waals surface area contributed by atoms with Gasteiger partial charge in [-0.2, -0.15) is 0 Å². The standard InChI is InChI=1S/C26H27N3O2/c1-16-13-14-27-25-23(16)15-24(18(3)28-25)26(30)29-17(2)19-5-7-20(8-6-19)21-9-11-22(31-4)12-10-21/h5-12,14-17H,13H2,1-4H3,(H,29,30). The molecule has 158 valence electrons. The molecule has 31 heavy (non-hydrogen) atoms. The summed E-state index contributed by atoms with van der Waals surface area (Å²) in [6.07, 6.45) is 2.77. The van der Waals surface area contributed by atoms with Crippen molar-refractivity contribution in [3.05, 3.63) is 77.0 Å². The Bertz CT molecular complexity index is 1120. The van der Waals surface area contributed by atoms with Gasteiger partial charge in [0, 0.05) is 11.8 Å². The number of carbonyl (C=O) groups excluding carboxylic acids is 1. The first kappa shape index (κ1) is 20.8. The van der Waals surface area contributed by atoms with Crippen molar-refractivity contribution in [2.24, 2.45) is 4.99 Å². The molecule has 1 aliphatic heterocycles. The van der Waals surface area contributed by atoms with E-state index >= 15 is 0 Å². The van der Waals surface area contributed by atoms with Crippen molar-refractivity contribution in [1.82, 2.24) is 10.3 Å². The summed E-state index contributed by atoms with van der Waals surface area (Å²) in [4.78, 5) is 21.9. The summed E-state index contributed by atoms with van der Waals surface area (Å²) in [7, 11) is 1.66. The Hall–Kier alpha value is -3.47. The fraction of sp³-hybridized carbons (Fsp3) is 0.269. The van der Waals surface area contributed by atoms with Crippen molar-refractivity contribution in [2.75, 3.05) is 7.11 Å². The van der Waals surface area contributed by atoms with Gasteiger partial charge in [0.2, 0.25) is 0 Å². The van der Waals surface area contributed by atoms with Crippen LogP contribution in [0.2, 0.25) is 0 Å². The van der Waals surface area contributed by atoms with Gasteiger partial charge in [-0.15, -0.1) is 0 Å². The number of nitrogens with one attached hydrogen (secondary N) is 1. The molecular formula is C26H27N3O2. The van der Waals surface area contributed by atoms with Crippen LogP contribution in [0.4, 0.5) is 5.82 Å². The smallest absolute Gasteiger partial charge is 0.253 e. The van der Waals surface area contributed by atoms with Crippen LogP contribution in [0.15, 0.2) is 59.6 Å². The van der Waals surface area contributed by atoms with Crippen LogP contribution in [-0.4, -0.2) is 24.2 Å². The highest BCUT2D eigenvalue weighted by atomic mass is 16.5. The third-order valence-electron chi connectivity index (χ3n) is 5.85. The molecule has 0 saturated carbocycles. The zero-order chi connectivity index (χ0) is 22.0. The van der Waals surface area contributed by atoms with E-state index in [0.29, 0.717) is 17.2 Å². The summed E-state index contributed by atoms with van der Waals surface area (Å²) in [5, 5.41) is 3.12. The van der Waals surface area contributed by atoms with Crippen LogP contribution in [0.3, 0.4) is 0 Å². The zero-order valence-corrected chi connectivity index (χ0v) is 18.3. The molecule has 1 amide bonds. The molecule has 1 aliphatic rings. The van der Waals surface area contributed by atoms with E-state index in [1.54, 1.807) is 7.11 Å². The Morgan fingerprint density at radius 2 is 1.74 bits per heavy atom. The number of aryl methyl sites for hydroxylation is 1. The number of ether oxygens (including phenoxy) is 1. The van der Waals surface area contributed by atoms with E-state index in [4.69, 9.17) is 4.74 Å². The highest BCUT2D eigenvalue weighted by molar-refractivity contribution is 5.96. The van der Waals surface area contributed by atoms with Gasteiger partial charge in [-0.05, 0) is 61.1 Å². The molecule has 2 aromatic carbocycles. The first-order valence-electron chi connectivity index (χ1n) is 10.6. The van der Waals surface area contributed by atoms with Crippen LogP contribution in [0.5, 0.6) is 5.75 Å². The van der Waals surface area contributed by atoms with Crippen molar-refractivity contribution in [2.45, 2.75) is 39.2 Å². The number of hydrogen-bond acceptors (Lipinski definition) is 4. The van der Waals surface area contributed by atoms with Crippen LogP contribution < -0.4 is 10.1 Å². The number of pyridine rings is 1. The van der Waals surface area contributed by atoms with Gasteiger partial charge in [0.25, 0.3) is 5.91 Å². The molecule has 4 rings (SSSR count). The van der Waals surface area contributed by atoms with Crippen molar-refractivity contribution in [3.8, 4) is 16.9 Å². The van der Waals surface area contributed by atoms with Crippen molar-refractivity contribution < 1.29 is 9.53 Å². The van der Waals surface area contributed by atoms with E-state index in [1.165, 1.54) is 0 Å². The maximum atomic E-state index is 13.0. The molecular weight excluding hydrogens is 386 g/mol. The van der Waals surface area contributed by atoms with E-state index in [1.807, 2.05) is 50.4 Å². The summed E-state index contributed by atoms with van der Waals surface area (Å²) < 4.78 is 5.22. The van der Waals surface area contributed by atoms with Gasteiger partial charge < -0.3 is 10.1 Å². The van der Waals surface area contributed by atoms with Crippen LogP contribution in [0, 0.1) is 6.92 Å². The number of rotatable bonds is 5. The predicted octanol–water partition coefficient (Wildman–Crippen LogP) is 5.77. The Labute approximate surface area is 183 Å². The second-order valence-electron chi connectivity index (χ2n) is 8.03. The number of hydrogen-bond donors (Lipinski definition) is 1. The Morgan fingerprint density at radius 3 is 2.39 bits per heavy atom. The SMILES string of the molecule is COc1ccc(-c2ccc(C(C)NC(=O)c3cc4c(nc3C)N=CCC4C)cc2)cc1. The van der Waals surface area contributed by atoms with E-state index < -0.39 is 0 Å². The fourth-order valence-corrected chi connectivity index (χ4v) is 3.83. The molecule has 0 fully saturated rings. The van der Waals surface area contributed by atoms with E-state index in [9.17, 15) is 4.79 Å². The molecule has 5 heteroatoms. The highest BCUT2D eigenvalue weighted by Gasteiger charge is 2.21. The van der Waals surface area contributed by atoms with Crippen molar-refractivity contribution in [3.63, 3.8) is 0 Å². The number of fused-ring (bicyclic) bond motifs is 1. The summed E-state index contributed by atoms with van der Waals surface area (Å²) in [5.74, 6) is 1.77. The topological polar surface area (TPSA) is 63.6 Å². The minimum absolute atomic E-state index is 0.110. The molecule has 2 unspecified atom stereocenters. The third-order valence-corrected chi connectivity index (χ3v) is 5.85. The lowest BCUT2D eigenvalue weighted by molar-refractivity contribution is 0.0938. The lowest BCUT2D eigenvalue weighted by Crippen LogP contribution is -2.27. The molecule has 0 aliphatic carbocycles. The monoisotopic (exact) mass is 413 g/mol. The number of nitrogens with zero attached hydrogens (tertiary/aromatic N) is 2. The Kier molecular flexibility index (Phi) is 5.85. The maximum absolute atomic E-state index is 13.0. The van der Waals surface area contributed by atoms with Crippen LogP contribution in [-0.2, 0) is 0 Å². The molecule has 1 N–H and O–H groups in total. The Morgan fingerprint density at radius 1 is 1.10 bits per heavy atom. The number of aromatic nitrogens is 1. The van der Waals surface area contributed by atoms with Crippen molar-refractivity contribution in [1.29, 1.82) is 0 Å². The molecule has 2 heterocycles. The van der Waals surface area contributed by atoms with Gasteiger partial charge in [0.05, 0.1) is 24.4 Å². The van der Waals surface area contributed by atoms with Crippen LogP contribution >= 0.6 is 0 Å². The highest BCUT2D eigenvalue weighted by Crippen LogP contribution is 2.32. The second-order valence-corrected chi connectivity index (χ2v) is 8.03. The second kappa shape index (κ2) is 8.72. The molecule has 0 saturated heterocycles.